The lowest BCUT2D eigenvalue weighted by Crippen LogP contribution is -2.29. The number of sulfone groups is 1. The largest absolute Gasteiger partial charge is 0.457 e. The smallest absolute Gasteiger partial charge is 0.283 e. The summed E-state index contributed by atoms with van der Waals surface area (Å²) in [5, 5.41) is 22.9. The third-order valence-corrected chi connectivity index (χ3v) is 10.9. The lowest BCUT2D eigenvalue weighted by atomic mass is 10.1. The molecule has 17 heteroatoms. The van der Waals surface area contributed by atoms with Crippen molar-refractivity contribution in [3.05, 3.63) is 176 Å². The number of hydrogen-bond acceptors (Lipinski definition) is 12. The summed E-state index contributed by atoms with van der Waals surface area (Å²) < 4.78 is 38.5. The standard InChI is InChI=1S/C40H22N4O12S/c45-37-31-3-1-5-33(43(49)50)35(31)39(47)41(37)23-7-11-25(12-8-23)55-27-15-19-29(20-16-27)57(53,54)30-21-17-28(18-22-30)56-26-13-9-24(10-14-26)42-38(46)32-4-2-6-34(44(51)52)36(32)40(42)48/h1-22H. The zero-order valence-corrected chi connectivity index (χ0v) is 29.6. The molecule has 2 aliphatic rings. The molecule has 280 valence electrons. The van der Waals surface area contributed by atoms with E-state index in [1.165, 1.54) is 121 Å². The second-order valence-electron chi connectivity index (χ2n) is 12.4. The van der Waals surface area contributed by atoms with Crippen LogP contribution in [0.15, 0.2) is 143 Å². The highest BCUT2D eigenvalue weighted by Crippen LogP contribution is 2.37. The molecule has 0 fully saturated rings. The first-order chi connectivity index (χ1) is 27.3. The predicted octanol–water partition coefficient (Wildman–Crippen LogP) is 7.52. The van der Waals surface area contributed by atoms with Crippen molar-refractivity contribution >= 4 is 56.2 Å². The van der Waals surface area contributed by atoms with E-state index < -0.39 is 54.7 Å². The molecule has 2 aliphatic heterocycles. The molecule has 0 radical (unpaired) electrons. The summed E-state index contributed by atoms with van der Waals surface area (Å²) in [5.74, 6) is -1.84. The van der Waals surface area contributed by atoms with Crippen LogP contribution in [0.5, 0.6) is 23.0 Å². The van der Waals surface area contributed by atoms with Gasteiger partial charge in [-0.25, -0.2) is 18.2 Å². The van der Waals surface area contributed by atoms with Crippen molar-refractivity contribution in [1.82, 2.24) is 0 Å². The van der Waals surface area contributed by atoms with Crippen LogP contribution in [0, 0.1) is 20.2 Å². The minimum atomic E-state index is -3.97. The number of amides is 4. The van der Waals surface area contributed by atoms with Gasteiger partial charge in [-0.15, -0.1) is 0 Å². The number of rotatable bonds is 10. The van der Waals surface area contributed by atoms with Crippen molar-refractivity contribution in [1.29, 1.82) is 0 Å². The van der Waals surface area contributed by atoms with Crippen molar-refractivity contribution in [3.63, 3.8) is 0 Å². The van der Waals surface area contributed by atoms with Gasteiger partial charge in [0.2, 0.25) is 9.84 Å². The quantitative estimate of drug-likeness (QED) is 0.0749. The van der Waals surface area contributed by atoms with Crippen LogP contribution >= 0.6 is 0 Å². The number of carbonyl (C=O) groups is 4. The molecule has 0 saturated carbocycles. The van der Waals surface area contributed by atoms with Gasteiger partial charge in [0.15, 0.2) is 0 Å². The summed E-state index contributed by atoms with van der Waals surface area (Å²) in [6.45, 7) is 0. The van der Waals surface area contributed by atoms with E-state index in [1.54, 1.807) is 0 Å². The number of benzene rings is 6. The lowest BCUT2D eigenvalue weighted by molar-refractivity contribution is -0.385. The Kier molecular flexibility index (Phi) is 8.62. The van der Waals surface area contributed by atoms with E-state index >= 15 is 0 Å². The fourth-order valence-corrected chi connectivity index (χ4v) is 7.68. The van der Waals surface area contributed by atoms with E-state index in [2.05, 4.69) is 0 Å². The van der Waals surface area contributed by atoms with E-state index in [9.17, 15) is 47.8 Å². The molecule has 0 saturated heterocycles. The van der Waals surface area contributed by atoms with Gasteiger partial charge in [0.05, 0.1) is 42.1 Å². The Morgan fingerprint density at radius 3 is 1.07 bits per heavy atom. The van der Waals surface area contributed by atoms with Crippen LogP contribution in [0.25, 0.3) is 0 Å². The van der Waals surface area contributed by atoms with Gasteiger partial charge in [-0.1, -0.05) is 12.1 Å². The molecule has 57 heavy (non-hydrogen) atoms. The first-order valence-corrected chi connectivity index (χ1v) is 18.2. The number of carbonyl (C=O) groups excluding carboxylic acids is 4. The van der Waals surface area contributed by atoms with Crippen LogP contribution in [-0.2, 0) is 9.84 Å². The zero-order chi connectivity index (χ0) is 40.2. The third-order valence-electron chi connectivity index (χ3n) is 9.11. The summed E-state index contributed by atoms with van der Waals surface area (Å²) in [4.78, 5) is 75.0. The van der Waals surface area contributed by atoms with Gasteiger partial charge in [0.25, 0.3) is 35.0 Å². The SMILES string of the molecule is O=C1c2cccc([N+](=O)[O-])c2C(=O)N1c1ccc(Oc2ccc(S(=O)(=O)c3ccc(Oc4ccc(N5C(=O)c6cccc([N+](=O)[O-])c6C5=O)cc4)cc3)cc2)cc1. The first-order valence-electron chi connectivity index (χ1n) is 16.7. The normalized spacial score (nSPS) is 13.4. The molecule has 0 aliphatic carbocycles. The predicted molar refractivity (Wildman–Crippen MR) is 200 cm³/mol. The highest BCUT2D eigenvalue weighted by atomic mass is 32.2. The first kappa shape index (κ1) is 36.0. The van der Waals surface area contributed by atoms with E-state index in [4.69, 9.17) is 9.47 Å². The fourth-order valence-electron chi connectivity index (χ4n) is 6.42. The summed E-state index contributed by atoms with van der Waals surface area (Å²) in [7, 11) is -3.97. The molecule has 0 aromatic heterocycles. The lowest BCUT2D eigenvalue weighted by Gasteiger charge is -2.15. The molecule has 0 spiro atoms. The molecular formula is C40H22N4O12S. The fraction of sp³-hybridized carbons (Fsp3) is 0. The van der Waals surface area contributed by atoms with Crippen molar-refractivity contribution in [2.75, 3.05) is 9.80 Å². The molecular weight excluding hydrogens is 761 g/mol. The van der Waals surface area contributed by atoms with Crippen LogP contribution in [0.2, 0.25) is 0 Å². The number of hydrogen-bond donors (Lipinski definition) is 0. The maximum atomic E-state index is 13.4. The molecule has 0 bridgehead atoms. The third kappa shape index (κ3) is 6.18. The van der Waals surface area contributed by atoms with Gasteiger partial charge in [0.1, 0.15) is 34.1 Å². The highest BCUT2D eigenvalue weighted by molar-refractivity contribution is 7.91. The van der Waals surface area contributed by atoms with E-state index in [-0.39, 0.29) is 54.9 Å². The molecule has 6 aromatic carbocycles. The zero-order valence-electron chi connectivity index (χ0n) is 28.8. The van der Waals surface area contributed by atoms with Crippen LogP contribution in [0.4, 0.5) is 22.7 Å². The molecule has 6 aromatic rings. The number of nitrogens with zero attached hydrogens (tertiary/aromatic N) is 4. The minimum Gasteiger partial charge on any atom is -0.457 e. The van der Waals surface area contributed by atoms with Crippen LogP contribution in [-0.4, -0.2) is 41.9 Å². The topological polar surface area (TPSA) is 214 Å². The van der Waals surface area contributed by atoms with Crippen molar-refractivity contribution in [2.24, 2.45) is 0 Å². The van der Waals surface area contributed by atoms with Crippen LogP contribution < -0.4 is 19.3 Å². The van der Waals surface area contributed by atoms with E-state index in [1.807, 2.05) is 0 Å². The van der Waals surface area contributed by atoms with Gasteiger partial charge in [-0.2, -0.15) is 0 Å². The number of anilines is 2. The van der Waals surface area contributed by atoms with E-state index in [0.29, 0.717) is 11.5 Å². The molecule has 4 amide bonds. The number of fused-ring (bicyclic) bond motifs is 2. The average molecular weight is 783 g/mol. The second-order valence-corrected chi connectivity index (χ2v) is 14.4. The molecule has 16 nitrogen and oxygen atoms in total. The van der Waals surface area contributed by atoms with Gasteiger partial charge >= 0.3 is 0 Å². The Bertz CT molecular complexity index is 2640. The van der Waals surface area contributed by atoms with Crippen molar-refractivity contribution in [3.8, 4) is 23.0 Å². The van der Waals surface area contributed by atoms with Gasteiger partial charge in [-0.3, -0.25) is 39.4 Å². The van der Waals surface area contributed by atoms with Gasteiger partial charge in [-0.05, 0) is 109 Å². The Labute approximate surface area is 320 Å². The highest BCUT2D eigenvalue weighted by Gasteiger charge is 2.43. The Morgan fingerprint density at radius 1 is 0.439 bits per heavy atom. The molecule has 8 rings (SSSR count). The Balaban J connectivity index is 0.903. The summed E-state index contributed by atoms with van der Waals surface area (Å²) in [5.41, 5.74) is -1.27. The van der Waals surface area contributed by atoms with Crippen molar-refractivity contribution in [2.45, 2.75) is 9.79 Å². The Morgan fingerprint density at radius 2 is 0.754 bits per heavy atom. The van der Waals surface area contributed by atoms with Crippen LogP contribution in [0.1, 0.15) is 41.4 Å². The van der Waals surface area contributed by atoms with Gasteiger partial charge < -0.3 is 9.47 Å². The molecule has 0 N–H and O–H groups in total. The van der Waals surface area contributed by atoms with Crippen molar-refractivity contribution < 1.29 is 46.9 Å². The second kappa shape index (κ2) is 13.7. The Hall–Kier alpha value is -8.05. The van der Waals surface area contributed by atoms with E-state index in [0.717, 1.165) is 21.9 Å². The average Bonchev–Trinajstić information content (AvgIpc) is 3.62. The maximum absolute atomic E-state index is 13.4. The monoisotopic (exact) mass is 782 g/mol. The number of imide groups is 2. The number of ether oxygens (including phenoxy) is 2. The van der Waals surface area contributed by atoms with Gasteiger partial charge in [0, 0.05) is 12.1 Å². The summed E-state index contributed by atoms with van der Waals surface area (Å²) >= 11 is 0. The van der Waals surface area contributed by atoms with Crippen LogP contribution in [0.3, 0.4) is 0 Å². The number of nitro benzene ring substituents is 2. The number of nitro groups is 2. The summed E-state index contributed by atoms with van der Waals surface area (Å²) in [6.07, 6.45) is 0. The maximum Gasteiger partial charge on any atom is 0.283 e. The molecule has 0 unspecified atom stereocenters. The summed E-state index contributed by atoms with van der Waals surface area (Å²) in [6, 6.07) is 30.7. The molecule has 2 heterocycles. The minimum absolute atomic E-state index is 0.0207. The molecule has 0 atom stereocenters.